The minimum atomic E-state index is 0.0996. The van der Waals surface area contributed by atoms with Gasteiger partial charge < -0.3 is 15.5 Å². The predicted molar refractivity (Wildman–Crippen MR) is 52.6 cm³/mol. The largest absolute Gasteiger partial charge is 0.354 e. The third-order valence-corrected chi connectivity index (χ3v) is 1.92. The molecule has 0 atom stereocenters. The molecule has 1 saturated carbocycles. The van der Waals surface area contributed by atoms with Gasteiger partial charge in [0.05, 0.1) is 6.54 Å². The molecule has 0 aromatic rings. The van der Waals surface area contributed by atoms with Crippen molar-refractivity contribution in [3.05, 3.63) is 0 Å². The smallest absolute Gasteiger partial charge is 0.234 e. The number of hydrogen-bond acceptors (Lipinski definition) is 3. The maximum atomic E-state index is 11.1. The summed E-state index contributed by atoms with van der Waals surface area (Å²) in [5.74, 6) is 0.0996. The maximum Gasteiger partial charge on any atom is 0.234 e. The van der Waals surface area contributed by atoms with Crippen molar-refractivity contribution in [2.75, 3.05) is 33.7 Å². The molecule has 0 spiro atoms. The Balaban J connectivity index is 1.88. The van der Waals surface area contributed by atoms with Gasteiger partial charge >= 0.3 is 0 Å². The molecule has 4 nitrogen and oxygen atoms in total. The lowest BCUT2D eigenvalue weighted by Gasteiger charge is -2.10. The zero-order valence-corrected chi connectivity index (χ0v) is 8.47. The third kappa shape index (κ3) is 5.60. The molecule has 0 aliphatic heterocycles. The number of amides is 1. The Morgan fingerprint density at radius 3 is 2.62 bits per heavy atom. The fourth-order valence-electron chi connectivity index (χ4n) is 1.11. The second kappa shape index (κ2) is 5.19. The van der Waals surface area contributed by atoms with Crippen molar-refractivity contribution in [2.45, 2.75) is 18.9 Å². The van der Waals surface area contributed by atoms with E-state index < -0.39 is 0 Å². The summed E-state index contributed by atoms with van der Waals surface area (Å²) in [6.07, 6.45) is 2.59. The van der Waals surface area contributed by atoms with Crippen LogP contribution in [0.2, 0.25) is 0 Å². The zero-order valence-electron chi connectivity index (χ0n) is 8.47. The summed E-state index contributed by atoms with van der Waals surface area (Å²) in [6.45, 7) is 2.11. The zero-order chi connectivity index (χ0) is 9.68. The lowest BCUT2D eigenvalue weighted by Crippen LogP contribution is -2.37. The van der Waals surface area contributed by atoms with E-state index in [1.165, 1.54) is 12.8 Å². The molecule has 1 fully saturated rings. The van der Waals surface area contributed by atoms with Crippen LogP contribution in [0.25, 0.3) is 0 Å². The standard InChI is InChI=1S/C9H19N3O/c1-12(2)7-9(13)11-6-5-10-8-3-4-8/h8,10H,3-7H2,1-2H3,(H,11,13). The van der Waals surface area contributed by atoms with Crippen molar-refractivity contribution in [2.24, 2.45) is 0 Å². The molecular weight excluding hydrogens is 166 g/mol. The quantitative estimate of drug-likeness (QED) is 0.544. The Morgan fingerprint density at radius 2 is 2.08 bits per heavy atom. The van der Waals surface area contributed by atoms with E-state index in [0.717, 1.165) is 19.1 Å². The lowest BCUT2D eigenvalue weighted by atomic mass is 10.5. The molecule has 0 radical (unpaired) electrons. The van der Waals surface area contributed by atoms with Gasteiger partial charge in [-0.3, -0.25) is 4.79 Å². The van der Waals surface area contributed by atoms with Crippen LogP contribution in [-0.2, 0) is 4.79 Å². The molecule has 0 saturated heterocycles. The van der Waals surface area contributed by atoms with Crippen LogP contribution in [0.4, 0.5) is 0 Å². The summed E-state index contributed by atoms with van der Waals surface area (Å²) in [4.78, 5) is 13.0. The molecule has 0 aromatic carbocycles. The second-order valence-electron chi connectivity index (χ2n) is 3.82. The van der Waals surface area contributed by atoms with Crippen molar-refractivity contribution in [1.29, 1.82) is 0 Å². The first-order chi connectivity index (χ1) is 6.18. The topological polar surface area (TPSA) is 44.4 Å². The van der Waals surface area contributed by atoms with Gasteiger partial charge in [-0.15, -0.1) is 0 Å². The third-order valence-electron chi connectivity index (χ3n) is 1.92. The molecule has 2 N–H and O–H groups in total. The number of nitrogens with one attached hydrogen (secondary N) is 2. The summed E-state index contributed by atoms with van der Waals surface area (Å²) in [6, 6.07) is 0.728. The Bertz CT molecular complexity index is 166. The van der Waals surface area contributed by atoms with E-state index in [0.29, 0.717) is 6.54 Å². The van der Waals surface area contributed by atoms with Gasteiger partial charge in [0.1, 0.15) is 0 Å². The van der Waals surface area contributed by atoms with E-state index >= 15 is 0 Å². The van der Waals surface area contributed by atoms with Gasteiger partial charge in [0.2, 0.25) is 5.91 Å². The van der Waals surface area contributed by atoms with Crippen LogP contribution in [0.5, 0.6) is 0 Å². The summed E-state index contributed by atoms with van der Waals surface area (Å²) in [5, 5.41) is 6.19. The van der Waals surface area contributed by atoms with Gasteiger partial charge in [-0.1, -0.05) is 0 Å². The summed E-state index contributed by atoms with van der Waals surface area (Å²) >= 11 is 0. The molecule has 1 amide bonds. The molecule has 0 aromatic heterocycles. The molecule has 13 heavy (non-hydrogen) atoms. The van der Waals surface area contributed by atoms with Gasteiger partial charge in [0.25, 0.3) is 0 Å². The monoisotopic (exact) mass is 185 g/mol. The van der Waals surface area contributed by atoms with E-state index in [1.54, 1.807) is 0 Å². The lowest BCUT2D eigenvalue weighted by molar-refractivity contribution is -0.121. The normalized spacial score (nSPS) is 16.2. The number of carbonyl (C=O) groups is 1. The highest BCUT2D eigenvalue weighted by Gasteiger charge is 2.19. The van der Waals surface area contributed by atoms with Crippen LogP contribution in [0, 0.1) is 0 Å². The molecule has 4 heteroatoms. The minimum absolute atomic E-state index is 0.0996. The molecule has 1 aliphatic rings. The summed E-state index contributed by atoms with van der Waals surface area (Å²) in [5.41, 5.74) is 0. The minimum Gasteiger partial charge on any atom is -0.354 e. The fraction of sp³-hybridized carbons (Fsp3) is 0.889. The van der Waals surface area contributed by atoms with E-state index in [4.69, 9.17) is 0 Å². The highest BCUT2D eigenvalue weighted by molar-refractivity contribution is 5.77. The number of rotatable bonds is 6. The van der Waals surface area contributed by atoms with Gasteiger partial charge in [0, 0.05) is 19.1 Å². The van der Waals surface area contributed by atoms with Gasteiger partial charge in [-0.05, 0) is 26.9 Å². The van der Waals surface area contributed by atoms with Crippen LogP contribution in [0.1, 0.15) is 12.8 Å². The van der Waals surface area contributed by atoms with Crippen LogP contribution in [0.15, 0.2) is 0 Å². The Labute approximate surface area is 79.7 Å². The van der Waals surface area contributed by atoms with E-state index in [-0.39, 0.29) is 5.91 Å². The van der Waals surface area contributed by atoms with Gasteiger partial charge in [-0.2, -0.15) is 0 Å². The first-order valence-electron chi connectivity index (χ1n) is 4.83. The summed E-state index contributed by atoms with van der Waals surface area (Å²) < 4.78 is 0. The number of hydrogen-bond donors (Lipinski definition) is 2. The molecule has 1 aliphatic carbocycles. The number of nitrogens with zero attached hydrogens (tertiary/aromatic N) is 1. The first-order valence-corrected chi connectivity index (χ1v) is 4.83. The average molecular weight is 185 g/mol. The van der Waals surface area contributed by atoms with Crippen LogP contribution in [0.3, 0.4) is 0 Å². The van der Waals surface area contributed by atoms with Crippen LogP contribution >= 0.6 is 0 Å². The first kappa shape index (κ1) is 10.5. The van der Waals surface area contributed by atoms with Gasteiger partial charge in [-0.25, -0.2) is 0 Å². The molecule has 1 rings (SSSR count). The Morgan fingerprint density at radius 1 is 1.38 bits per heavy atom. The summed E-state index contributed by atoms with van der Waals surface area (Å²) in [7, 11) is 3.78. The number of carbonyl (C=O) groups excluding carboxylic acids is 1. The Hall–Kier alpha value is -0.610. The van der Waals surface area contributed by atoms with Crippen molar-refractivity contribution < 1.29 is 4.79 Å². The predicted octanol–water partition coefficient (Wildman–Crippen LogP) is -0.584. The van der Waals surface area contributed by atoms with Crippen molar-refractivity contribution in [3.8, 4) is 0 Å². The highest BCUT2D eigenvalue weighted by atomic mass is 16.1. The Kier molecular flexibility index (Phi) is 4.18. The number of likely N-dealkylation sites (N-methyl/N-ethyl adjacent to an activating group) is 1. The van der Waals surface area contributed by atoms with Crippen LogP contribution < -0.4 is 10.6 Å². The van der Waals surface area contributed by atoms with Crippen molar-refractivity contribution in [3.63, 3.8) is 0 Å². The van der Waals surface area contributed by atoms with Crippen molar-refractivity contribution >= 4 is 5.91 Å². The molecule has 0 heterocycles. The molecule has 0 bridgehead atoms. The van der Waals surface area contributed by atoms with E-state index in [1.807, 2.05) is 19.0 Å². The van der Waals surface area contributed by atoms with E-state index in [2.05, 4.69) is 10.6 Å². The maximum absolute atomic E-state index is 11.1. The van der Waals surface area contributed by atoms with Gasteiger partial charge in [0.15, 0.2) is 0 Å². The highest BCUT2D eigenvalue weighted by Crippen LogP contribution is 2.17. The molecular formula is C9H19N3O. The van der Waals surface area contributed by atoms with Crippen LogP contribution in [-0.4, -0.2) is 50.6 Å². The molecule has 76 valence electrons. The second-order valence-corrected chi connectivity index (χ2v) is 3.82. The van der Waals surface area contributed by atoms with Crippen molar-refractivity contribution in [1.82, 2.24) is 15.5 Å². The fourth-order valence-corrected chi connectivity index (χ4v) is 1.11. The SMILES string of the molecule is CN(C)CC(=O)NCCNC1CC1. The van der Waals surface area contributed by atoms with E-state index in [9.17, 15) is 4.79 Å². The average Bonchev–Trinajstić information content (AvgIpc) is 2.80. The molecule has 0 unspecified atom stereocenters.